The summed E-state index contributed by atoms with van der Waals surface area (Å²) in [5.74, 6) is -0.798. The normalized spacial score (nSPS) is 32.8. The zero-order chi connectivity index (χ0) is 15.2. The van der Waals surface area contributed by atoms with Gasteiger partial charge < -0.3 is 13.9 Å². The topological polar surface area (TPSA) is 40.6 Å². The summed E-state index contributed by atoms with van der Waals surface area (Å²) < 4.78 is 18.5. The molecule has 1 aromatic rings. The summed E-state index contributed by atoms with van der Waals surface area (Å²) in [6, 6.07) is 3.91. The fraction of sp³-hybridized carbons (Fsp3) is 0.667. The van der Waals surface area contributed by atoms with E-state index < -0.39 is 25.3 Å². The van der Waals surface area contributed by atoms with Gasteiger partial charge in [0.25, 0.3) is 0 Å². The molecule has 1 aromatic heterocycles. The Morgan fingerprint density at radius 2 is 1.85 bits per heavy atom. The first kappa shape index (κ1) is 15.6. The Labute approximate surface area is 122 Å². The van der Waals surface area contributed by atoms with Crippen molar-refractivity contribution in [1.29, 1.82) is 0 Å². The van der Waals surface area contributed by atoms with Crippen LogP contribution in [0.25, 0.3) is 0 Å². The monoisotopic (exact) mass is 295 g/mol. The van der Waals surface area contributed by atoms with Crippen LogP contribution in [-0.2, 0) is 19.5 Å². The Hall–Kier alpha value is -0.753. The van der Waals surface area contributed by atoms with Crippen molar-refractivity contribution in [2.75, 3.05) is 7.11 Å². The molecule has 0 amide bonds. The maximum atomic E-state index is 6.46. The van der Waals surface area contributed by atoms with E-state index >= 15 is 0 Å². The van der Waals surface area contributed by atoms with Crippen LogP contribution in [0.5, 0.6) is 0 Å². The lowest BCUT2D eigenvalue weighted by Gasteiger charge is -2.66. The predicted molar refractivity (Wildman–Crippen MR) is 80.9 cm³/mol. The first-order valence-electron chi connectivity index (χ1n) is 6.94. The van der Waals surface area contributed by atoms with Crippen molar-refractivity contribution in [2.24, 2.45) is 0 Å². The molecule has 112 valence electrons. The molecule has 2 unspecified atom stereocenters. The summed E-state index contributed by atoms with van der Waals surface area (Å²) in [5.41, 5.74) is -0.189. The van der Waals surface area contributed by atoms with Crippen LogP contribution in [0.3, 0.4) is 0 Å². The Balaban J connectivity index is 2.49. The van der Waals surface area contributed by atoms with E-state index in [2.05, 4.69) is 24.6 Å². The number of hydrogen-bond donors (Lipinski definition) is 0. The fourth-order valence-electron chi connectivity index (χ4n) is 3.20. The number of methoxy groups -OCH3 is 1. The highest BCUT2D eigenvalue weighted by molar-refractivity contribution is 6.69. The zero-order valence-corrected chi connectivity index (χ0v) is 14.5. The highest BCUT2D eigenvalue weighted by Gasteiger charge is 2.73. The Bertz CT molecular complexity index is 486. The van der Waals surface area contributed by atoms with Gasteiger partial charge in [-0.25, -0.2) is 0 Å². The zero-order valence-electron chi connectivity index (χ0n) is 13.5. The lowest BCUT2D eigenvalue weighted by Crippen LogP contribution is -2.80. The van der Waals surface area contributed by atoms with E-state index in [4.69, 9.17) is 13.9 Å². The average molecular weight is 295 g/mol. The summed E-state index contributed by atoms with van der Waals surface area (Å²) >= 11 is 0. The minimum absolute atomic E-state index is 0.507. The van der Waals surface area contributed by atoms with Crippen LogP contribution in [0.4, 0.5) is 0 Å². The first-order chi connectivity index (χ1) is 9.08. The molecular formula is C15H25NO3Si. The van der Waals surface area contributed by atoms with Crippen molar-refractivity contribution in [1.82, 2.24) is 4.98 Å². The van der Waals surface area contributed by atoms with E-state index in [0.717, 1.165) is 5.56 Å². The molecule has 2 rings (SSSR count). The molecule has 5 heteroatoms. The molecule has 2 heterocycles. The molecule has 0 radical (unpaired) electrons. The summed E-state index contributed by atoms with van der Waals surface area (Å²) in [4.78, 5) is 4.20. The minimum atomic E-state index is -1.82. The minimum Gasteiger partial charge on any atom is -0.386 e. The summed E-state index contributed by atoms with van der Waals surface area (Å²) in [5, 5.41) is 0. The number of rotatable bonds is 4. The molecule has 1 aliphatic heterocycles. The standard InChI is InChI=1S/C15H25NO3Si/c1-13(2)15(17-4,19-20(5,6)7)14(3,18-13)12-9-8-10-16-11-12/h8-11H,1-7H3. The van der Waals surface area contributed by atoms with E-state index in [1.165, 1.54) is 0 Å². The lowest BCUT2D eigenvalue weighted by atomic mass is 9.71. The average Bonchev–Trinajstić information content (AvgIpc) is 2.35. The predicted octanol–water partition coefficient (Wildman–Crippen LogP) is 3.30. The maximum absolute atomic E-state index is 6.46. The van der Waals surface area contributed by atoms with Crippen LogP contribution in [-0.4, -0.2) is 31.8 Å². The Morgan fingerprint density at radius 3 is 2.25 bits per heavy atom. The number of pyridine rings is 1. The van der Waals surface area contributed by atoms with Gasteiger partial charge >= 0.3 is 0 Å². The molecule has 2 atom stereocenters. The molecule has 0 spiro atoms. The molecule has 0 N–H and O–H groups in total. The van der Waals surface area contributed by atoms with Gasteiger partial charge in [-0.05, 0) is 46.5 Å². The van der Waals surface area contributed by atoms with Gasteiger partial charge in [0.15, 0.2) is 8.32 Å². The molecule has 1 fully saturated rings. The largest absolute Gasteiger partial charge is 0.386 e. The fourth-order valence-corrected chi connectivity index (χ4v) is 4.59. The first-order valence-corrected chi connectivity index (χ1v) is 10.3. The Kier molecular flexibility index (Phi) is 3.62. The third-order valence-corrected chi connectivity index (χ3v) is 4.73. The third kappa shape index (κ3) is 2.13. The van der Waals surface area contributed by atoms with E-state index in [-0.39, 0.29) is 0 Å². The van der Waals surface area contributed by atoms with Gasteiger partial charge in [0.2, 0.25) is 5.79 Å². The van der Waals surface area contributed by atoms with Crippen LogP contribution in [0, 0.1) is 0 Å². The Morgan fingerprint density at radius 1 is 1.20 bits per heavy atom. The molecule has 20 heavy (non-hydrogen) atoms. The third-order valence-electron chi connectivity index (χ3n) is 3.83. The van der Waals surface area contributed by atoms with Crippen molar-refractivity contribution in [2.45, 2.75) is 57.4 Å². The summed E-state index contributed by atoms with van der Waals surface area (Å²) in [6.07, 6.45) is 3.57. The van der Waals surface area contributed by atoms with Crippen LogP contribution in [0.1, 0.15) is 26.3 Å². The number of nitrogens with zero attached hydrogens (tertiary/aromatic N) is 1. The van der Waals surface area contributed by atoms with Gasteiger partial charge in [0.1, 0.15) is 11.2 Å². The van der Waals surface area contributed by atoms with Gasteiger partial charge in [0, 0.05) is 25.1 Å². The molecule has 1 saturated heterocycles. The van der Waals surface area contributed by atoms with Gasteiger partial charge in [0.05, 0.1) is 0 Å². The quantitative estimate of drug-likeness (QED) is 0.631. The highest BCUT2D eigenvalue weighted by atomic mass is 28.4. The highest BCUT2D eigenvalue weighted by Crippen LogP contribution is 2.59. The molecule has 1 aliphatic rings. The second kappa shape index (κ2) is 4.63. The van der Waals surface area contributed by atoms with E-state index in [9.17, 15) is 0 Å². The van der Waals surface area contributed by atoms with Crippen LogP contribution >= 0.6 is 0 Å². The van der Waals surface area contributed by atoms with Gasteiger partial charge in [-0.1, -0.05) is 6.07 Å². The van der Waals surface area contributed by atoms with Gasteiger partial charge in [-0.15, -0.1) is 0 Å². The van der Waals surface area contributed by atoms with Crippen molar-refractivity contribution < 1.29 is 13.9 Å². The lowest BCUT2D eigenvalue weighted by molar-refractivity contribution is -0.471. The van der Waals surface area contributed by atoms with Crippen LogP contribution < -0.4 is 0 Å². The van der Waals surface area contributed by atoms with E-state index in [1.54, 1.807) is 13.3 Å². The van der Waals surface area contributed by atoms with Crippen molar-refractivity contribution in [3.05, 3.63) is 30.1 Å². The maximum Gasteiger partial charge on any atom is 0.222 e. The van der Waals surface area contributed by atoms with Crippen LogP contribution in [0.15, 0.2) is 24.5 Å². The molecular weight excluding hydrogens is 270 g/mol. The second-order valence-electron chi connectivity index (χ2n) is 6.92. The molecule has 4 nitrogen and oxygen atoms in total. The molecule has 0 bridgehead atoms. The molecule has 0 saturated carbocycles. The second-order valence-corrected chi connectivity index (χ2v) is 11.4. The number of aromatic nitrogens is 1. The molecule has 0 aliphatic carbocycles. The molecule has 0 aromatic carbocycles. The number of hydrogen-bond acceptors (Lipinski definition) is 4. The van der Waals surface area contributed by atoms with Crippen molar-refractivity contribution in [3.8, 4) is 0 Å². The van der Waals surface area contributed by atoms with Gasteiger partial charge in [-0.2, -0.15) is 0 Å². The summed E-state index contributed by atoms with van der Waals surface area (Å²) in [7, 11) is -0.126. The van der Waals surface area contributed by atoms with Gasteiger partial charge in [-0.3, -0.25) is 4.98 Å². The number of ether oxygens (including phenoxy) is 2. The van der Waals surface area contributed by atoms with Crippen molar-refractivity contribution in [3.63, 3.8) is 0 Å². The van der Waals surface area contributed by atoms with E-state index in [1.807, 2.05) is 39.1 Å². The SMILES string of the molecule is COC1(O[Si](C)(C)C)C(C)(C)OC1(C)c1cccnc1. The van der Waals surface area contributed by atoms with E-state index in [0.29, 0.717) is 0 Å². The smallest absolute Gasteiger partial charge is 0.222 e. The van der Waals surface area contributed by atoms with Crippen molar-refractivity contribution >= 4 is 8.32 Å². The summed E-state index contributed by atoms with van der Waals surface area (Å²) in [6.45, 7) is 12.5. The van der Waals surface area contributed by atoms with Crippen LogP contribution in [0.2, 0.25) is 19.6 Å².